The first kappa shape index (κ1) is 13.9. The minimum Gasteiger partial charge on any atom is -0.357 e. The first-order valence-electron chi connectivity index (χ1n) is 7.37. The van der Waals surface area contributed by atoms with E-state index in [0.717, 1.165) is 31.6 Å². The third-order valence-corrected chi connectivity index (χ3v) is 4.00. The summed E-state index contributed by atoms with van der Waals surface area (Å²) in [5.41, 5.74) is 1.00. The number of rotatable bonds is 3. The fourth-order valence-corrected chi connectivity index (χ4v) is 2.76. The van der Waals surface area contributed by atoms with Gasteiger partial charge in [-0.1, -0.05) is 0 Å². The number of nitrogens with zero attached hydrogens (tertiary/aromatic N) is 2. The molecule has 2 saturated heterocycles. The quantitative estimate of drug-likeness (QED) is 0.686. The Labute approximate surface area is 122 Å². The molecule has 0 radical (unpaired) electrons. The zero-order valence-corrected chi connectivity index (χ0v) is 11.8. The number of hydrogen-bond acceptors (Lipinski definition) is 6. The Morgan fingerprint density at radius 2 is 1.90 bits per heavy atom. The summed E-state index contributed by atoms with van der Waals surface area (Å²) in [5.74, 6) is 0.520. The molecule has 7 nitrogen and oxygen atoms in total. The standard InChI is InChI=1S/C14H19N5O2/c20-13-4-2-11(14(21)17-13)16-12-3-1-10(18-19-12)9-5-7-15-8-6-9/h1,3,9,11,15H,2,4-8H2,(H,16,19)(H,17,20,21). The van der Waals surface area contributed by atoms with E-state index in [2.05, 4.69) is 26.1 Å². The summed E-state index contributed by atoms with van der Waals surface area (Å²) in [5, 5.41) is 17.1. The van der Waals surface area contributed by atoms with Gasteiger partial charge in [0.05, 0.1) is 5.69 Å². The maximum absolute atomic E-state index is 11.7. The number of anilines is 1. The smallest absolute Gasteiger partial charge is 0.249 e. The largest absolute Gasteiger partial charge is 0.357 e. The fraction of sp³-hybridized carbons (Fsp3) is 0.571. The van der Waals surface area contributed by atoms with Gasteiger partial charge >= 0.3 is 0 Å². The van der Waals surface area contributed by atoms with E-state index in [1.165, 1.54) is 0 Å². The van der Waals surface area contributed by atoms with Gasteiger partial charge in [-0.2, -0.15) is 5.10 Å². The summed E-state index contributed by atoms with van der Waals surface area (Å²) in [6, 6.07) is 3.41. The Hall–Kier alpha value is -2.02. The van der Waals surface area contributed by atoms with Crippen LogP contribution in [0.3, 0.4) is 0 Å². The SMILES string of the molecule is O=C1CCC(Nc2ccc(C3CCNCC3)nn2)C(=O)N1. The first-order valence-corrected chi connectivity index (χ1v) is 7.37. The molecule has 2 aliphatic rings. The van der Waals surface area contributed by atoms with Crippen LogP contribution in [0.1, 0.15) is 37.3 Å². The summed E-state index contributed by atoms with van der Waals surface area (Å²) in [4.78, 5) is 22.8. The highest BCUT2D eigenvalue weighted by Crippen LogP contribution is 2.23. The summed E-state index contributed by atoms with van der Waals surface area (Å²) in [7, 11) is 0. The molecule has 0 aliphatic carbocycles. The Bertz CT molecular complexity index is 525. The van der Waals surface area contributed by atoms with Crippen LogP contribution in [0.4, 0.5) is 5.82 Å². The van der Waals surface area contributed by atoms with E-state index >= 15 is 0 Å². The maximum Gasteiger partial charge on any atom is 0.249 e. The van der Waals surface area contributed by atoms with Crippen molar-refractivity contribution in [3.63, 3.8) is 0 Å². The molecule has 0 bridgehead atoms. The van der Waals surface area contributed by atoms with E-state index in [4.69, 9.17) is 0 Å². The van der Waals surface area contributed by atoms with Gasteiger partial charge in [-0.3, -0.25) is 14.9 Å². The Kier molecular flexibility index (Phi) is 4.10. The fourth-order valence-electron chi connectivity index (χ4n) is 2.76. The molecule has 2 aliphatic heterocycles. The maximum atomic E-state index is 11.7. The van der Waals surface area contributed by atoms with Gasteiger partial charge < -0.3 is 10.6 Å². The average molecular weight is 289 g/mol. The van der Waals surface area contributed by atoms with Gasteiger partial charge in [0.25, 0.3) is 0 Å². The van der Waals surface area contributed by atoms with Crippen LogP contribution in [0, 0.1) is 0 Å². The van der Waals surface area contributed by atoms with E-state index in [1.807, 2.05) is 12.1 Å². The van der Waals surface area contributed by atoms with Crippen molar-refractivity contribution >= 4 is 17.6 Å². The second kappa shape index (κ2) is 6.17. The molecule has 2 fully saturated rings. The summed E-state index contributed by atoms with van der Waals surface area (Å²) >= 11 is 0. The van der Waals surface area contributed by atoms with Gasteiger partial charge in [0.1, 0.15) is 11.9 Å². The highest BCUT2D eigenvalue weighted by atomic mass is 16.2. The second-order valence-corrected chi connectivity index (χ2v) is 5.52. The molecule has 112 valence electrons. The zero-order valence-electron chi connectivity index (χ0n) is 11.8. The van der Waals surface area contributed by atoms with Crippen molar-refractivity contribution in [3.05, 3.63) is 17.8 Å². The van der Waals surface area contributed by atoms with E-state index < -0.39 is 6.04 Å². The minimum atomic E-state index is -0.415. The molecule has 1 aromatic rings. The van der Waals surface area contributed by atoms with Gasteiger partial charge in [0.15, 0.2) is 0 Å². The highest BCUT2D eigenvalue weighted by Gasteiger charge is 2.26. The number of imide groups is 1. The lowest BCUT2D eigenvalue weighted by atomic mass is 9.94. The van der Waals surface area contributed by atoms with Crippen LogP contribution in [-0.4, -0.2) is 41.1 Å². The molecule has 3 N–H and O–H groups in total. The third-order valence-electron chi connectivity index (χ3n) is 4.00. The van der Waals surface area contributed by atoms with Gasteiger partial charge in [-0.05, 0) is 44.5 Å². The molecule has 1 unspecified atom stereocenters. The zero-order chi connectivity index (χ0) is 14.7. The molecule has 0 aromatic carbocycles. The van der Waals surface area contributed by atoms with Gasteiger partial charge in [0.2, 0.25) is 11.8 Å². The van der Waals surface area contributed by atoms with Crippen molar-refractivity contribution < 1.29 is 9.59 Å². The predicted molar refractivity (Wildman–Crippen MR) is 76.7 cm³/mol. The number of hydrogen-bond donors (Lipinski definition) is 3. The number of amides is 2. The molecule has 1 aromatic heterocycles. The molecule has 3 heterocycles. The molecule has 2 amide bonds. The van der Waals surface area contributed by atoms with Gasteiger partial charge in [-0.15, -0.1) is 5.10 Å². The molecule has 1 atom stereocenters. The molecule has 7 heteroatoms. The molecule has 3 rings (SSSR count). The summed E-state index contributed by atoms with van der Waals surface area (Å²) < 4.78 is 0. The highest BCUT2D eigenvalue weighted by molar-refractivity contribution is 6.01. The Morgan fingerprint density at radius 1 is 1.10 bits per heavy atom. The molecule has 0 spiro atoms. The molecular weight excluding hydrogens is 270 g/mol. The Balaban J connectivity index is 1.61. The van der Waals surface area contributed by atoms with E-state index in [1.54, 1.807) is 0 Å². The Morgan fingerprint density at radius 3 is 2.57 bits per heavy atom. The summed E-state index contributed by atoms with van der Waals surface area (Å²) in [6.45, 7) is 2.03. The topological polar surface area (TPSA) is 96.0 Å². The van der Waals surface area contributed by atoms with Crippen LogP contribution in [0.5, 0.6) is 0 Å². The second-order valence-electron chi connectivity index (χ2n) is 5.52. The van der Waals surface area contributed by atoms with Gasteiger partial charge in [0, 0.05) is 12.3 Å². The minimum absolute atomic E-state index is 0.217. The van der Waals surface area contributed by atoms with Crippen molar-refractivity contribution in [2.75, 3.05) is 18.4 Å². The van der Waals surface area contributed by atoms with E-state index in [0.29, 0.717) is 24.6 Å². The lowest BCUT2D eigenvalue weighted by molar-refractivity contribution is -0.133. The van der Waals surface area contributed by atoms with Crippen LogP contribution in [0.25, 0.3) is 0 Å². The van der Waals surface area contributed by atoms with E-state index in [9.17, 15) is 9.59 Å². The first-order chi connectivity index (χ1) is 10.2. The molecule has 0 saturated carbocycles. The van der Waals surface area contributed by atoms with Crippen LogP contribution >= 0.6 is 0 Å². The summed E-state index contributed by atoms with van der Waals surface area (Å²) in [6.07, 6.45) is 3.00. The van der Waals surface area contributed by atoms with Crippen molar-refractivity contribution in [1.29, 1.82) is 0 Å². The van der Waals surface area contributed by atoms with Crippen LogP contribution in [0.15, 0.2) is 12.1 Å². The number of aromatic nitrogens is 2. The average Bonchev–Trinajstić information content (AvgIpc) is 2.52. The van der Waals surface area contributed by atoms with Crippen LogP contribution < -0.4 is 16.0 Å². The van der Waals surface area contributed by atoms with Crippen molar-refractivity contribution in [2.24, 2.45) is 0 Å². The van der Waals surface area contributed by atoms with Crippen molar-refractivity contribution in [1.82, 2.24) is 20.8 Å². The normalized spacial score (nSPS) is 23.7. The monoisotopic (exact) mass is 289 g/mol. The lowest BCUT2D eigenvalue weighted by Crippen LogP contribution is -2.47. The number of piperidine rings is 2. The van der Waals surface area contributed by atoms with Gasteiger partial charge in [-0.25, -0.2) is 0 Å². The number of carbonyl (C=O) groups excluding carboxylic acids is 2. The molecular formula is C14H19N5O2. The van der Waals surface area contributed by atoms with Crippen LogP contribution in [0.2, 0.25) is 0 Å². The number of carbonyl (C=O) groups is 2. The third kappa shape index (κ3) is 3.36. The number of nitrogens with one attached hydrogen (secondary N) is 3. The van der Waals surface area contributed by atoms with Crippen molar-refractivity contribution in [2.45, 2.75) is 37.6 Å². The molecule has 21 heavy (non-hydrogen) atoms. The lowest BCUT2D eigenvalue weighted by Gasteiger charge is -2.23. The predicted octanol–water partition coefficient (Wildman–Crippen LogP) is 0.161. The van der Waals surface area contributed by atoms with Crippen LogP contribution in [-0.2, 0) is 9.59 Å². The van der Waals surface area contributed by atoms with E-state index in [-0.39, 0.29) is 11.8 Å². The van der Waals surface area contributed by atoms with Crippen molar-refractivity contribution in [3.8, 4) is 0 Å².